The van der Waals surface area contributed by atoms with Crippen molar-refractivity contribution in [3.63, 3.8) is 0 Å². The summed E-state index contributed by atoms with van der Waals surface area (Å²) in [5.41, 5.74) is 1.43. The normalized spacial score (nSPS) is 11.9. The Labute approximate surface area is 100 Å². The van der Waals surface area contributed by atoms with Gasteiger partial charge >= 0.3 is 5.97 Å². The Hall–Kier alpha value is -1.77. The highest BCUT2D eigenvalue weighted by atomic mass is 16.4. The van der Waals surface area contributed by atoms with E-state index in [9.17, 15) is 4.79 Å². The van der Waals surface area contributed by atoms with E-state index in [0.29, 0.717) is 0 Å². The minimum Gasteiger partial charge on any atom is -0.481 e. The molecule has 0 aliphatic carbocycles. The third kappa shape index (κ3) is 2.18. The predicted molar refractivity (Wildman–Crippen MR) is 66.2 cm³/mol. The third-order valence-electron chi connectivity index (χ3n) is 3.00. The molecule has 0 bridgehead atoms. The number of rotatable bonds is 3. The van der Waals surface area contributed by atoms with E-state index in [0.717, 1.165) is 22.3 Å². The Bertz CT molecular complexity index is 564. The number of hydrogen-bond acceptors (Lipinski definition) is 2. The van der Waals surface area contributed by atoms with E-state index in [4.69, 9.17) is 9.52 Å². The summed E-state index contributed by atoms with van der Waals surface area (Å²) < 4.78 is 5.80. The molecule has 0 aliphatic rings. The lowest BCUT2D eigenvalue weighted by Gasteiger charge is -2.18. The van der Waals surface area contributed by atoms with Crippen molar-refractivity contribution in [2.75, 3.05) is 0 Å². The Kier molecular flexibility index (Phi) is 2.69. The molecule has 17 heavy (non-hydrogen) atoms. The van der Waals surface area contributed by atoms with E-state index in [1.807, 2.05) is 45.0 Å². The van der Waals surface area contributed by atoms with Crippen molar-refractivity contribution in [2.24, 2.45) is 0 Å². The number of fused-ring (bicyclic) bond motifs is 1. The topological polar surface area (TPSA) is 50.4 Å². The van der Waals surface area contributed by atoms with E-state index in [1.54, 1.807) is 0 Å². The standard InChI is InChI=1S/C14H16O3/c1-9-5-4-6-10-7-11(17-13(9)10)14(2,3)8-12(15)16/h4-7H,8H2,1-3H3,(H,15,16). The Morgan fingerprint density at radius 3 is 2.71 bits per heavy atom. The number of furan rings is 1. The molecule has 1 aromatic heterocycles. The number of carbonyl (C=O) groups is 1. The molecular weight excluding hydrogens is 216 g/mol. The molecule has 3 nitrogen and oxygen atoms in total. The molecule has 0 spiro atoms. The van der Waals surface area contributed by atoms with Crippen LogP contribution in [-0.2, 0) is 10.2 Å². The fourth-order valence-corrected chi connectivity index (χ4v) is 2.01. The SMILES string of the molecule is Cc1cccc2cc(C(C)(C)CC(=O)O)oc12. The quantitative estimate of drug-likeness (QED) is 0.881. The Balaban J connectivity index is 2.49. The number of hydrogen-bond donors (Lipinski definition) is 1. The van der Waals surface area contributed by atoms with Crippen LogP contribution in [0, 0.1) is 6.92 Å². The minimum absolute atomic E-state index is 0.0614. The molecule has 0 fully saturated rings. The molecule has 0 saturated carbocycles. The first kappa shape index (κ1) is 11.7. The van der Waals surface area contributed by atoms with Gasteiger partial charge in [0.15, 0.2) is 0 Å². The average Bonchev–Trinajstić information content (AvgIpc) is 2.61. The zero-order chi connectivity index (χ0) is 12.6. The van der Waals surface area contributed by atoms with Crippen molar-refractivity contribution in [3.8, 4) is 0 Å². The average molecular weight is 232 g/mol. The molecular formula is C14H16O3. The fourth-order valence-electron chi connectivity index (χ4n) is 2.01. The summed E-state index contributed by atoms with van der Waals surface area (Å²) in [5.74, 6) is -0.0867. The Morgan fingerprint density at radius 2 is 2.12 bits per heavy atom. The maximum absolute atomic E-state index is 10.8. The van der Waals surface area contributed by atoms with Crippen LogP contribution in [0.3, 0.4) is 0 Å². The van der Waals surface area contributed by atoms with Gasteiger partial charge in [-0.3, -0.25) is 4.79 Å². The first-order chi connectivity index (χ1) is 7.90. The summed E-state index contributed by atoms with van der Waals surface area (Å²) in [5, 5.41) is 9.92. The van der Waals surface area contributed by atoms with E-state index in [-0.39, 0.29) is 6.42 Å². The molecule has 0 radical (unpaired) electrons. The van der Waals surface area contributed by atoms with E-state index in [2.05, 4.69) is 0 Å². The van der Waals surface area contributed by atoms with E-state index >= 15 is 0 Å². The summed E-state index contributed by atoms with van der Waals surface area (Å²) in [6.07, 6.45) is 0.0614. The summed E-state index contributed by atoms with van der Waals surface area (Å²) >= 11 is 0. The van der Waals surface area contributed by atoms with Crippen LogP contribution in [0.1, 0.15) is 31.6 Å². The lowest BCUT2D eigenvalue weighted by atomic mass is 9.86. The second-order valence-electron chi connectivity index (χ2n) is 5.06. The predicted octanol–water partition coefficient (Wildman–Crippen LogP) is 3.49. The van der Waals surface area contributed by atoms with Crippen LogP contribution in [0.4, 0.5) is 0 Å². The van der Waals surface area contributed by atoms with Crippen molar-refractivity contribution in [1.82, 2.24) is 0 Å². The van der Waals surface area contributed by atoms with Crippen molar-refractivity contribution in [1.29, 1.82) is 0 Å². The van der Waals surface area contributed by atoms with Crippen LogP contribution in [0.15, 0.2) is 28.7 Å². The number of aliphatic carboxylic acids is 1. The molecule has 3 heteroatoms. The molecule has 1 N–H and O–H groups in total. The van der Waals surface area contributed by atoms with Crippen molar-refractivity contribution < 1.29 is 14.3 Å². The van der Waals surface area contributed by atoms with Gasteiger partial charge in [0.25, 0.3) is 0 Å². The highest BCUT2D eigenvalue weighted by molar-refractivity contribution is 5.81. The van der Waals surface area contributed by atoms with Crippen molar-refractivity contribution in [2.45, 2.75) is 32.6 Å². The van der Waals surface area contributed by atoms with Gasteiger partial charge in [-0.2, -0.15) is 0 Å². The van der Waals surface area contributed by atoms with Crippen molar-refractivity contribution >= 4 is 16.9 Å². The molecule has 0 amide bonds. The van der Waals surface area contributed by atoms with Gasteiger partial charge in [0.2, 0.25) is 0 Å². The molecule has 1 heterocycles. The minimum atomic E-state index is -0.813. The van der Waals surface area contributed by atoms with Gasteiger partial charge in [-0.1, -0.05) is 32.0 Å². The Morgan fingerprint density at radius 1 is 1.41 bits per heavy atom. The summed E-state index contributed by atoms with van der Waals surface area (Å²) in [4.78, 5) is 10.8. The van der Waals surface area contributed by atoms with Crippen LogP contribution in [0.25, 0.3) is 11.0 Å². The zero-order valence-electron chi connectivity index (χ0n) is 10.3. The molecule has 0 aliphatic heterocycles. The molecule has 90 valence electrons. The smallest absolute Gasteiger partial charge is 0.304 e. The molecule has 0 saturated heterocycles. The maximum atomic E-state index is 10.8. The molecule has 0 atom stereocenters. The molecule has 0 unspecified atom stereocenters. The van der Waals surface area contributed by atoms with E-state index in [1.165, 1.54) is 0 Å². The van der Waals surface area contributed by atoms with Crippen LogP contribution in [0.2, 0.25) is 0 Å². The van der Waals surface area contributed by atoms with Gasteiger partial charge < -0.3 is 9.52 Å². The number of carboxylic acids is 1. The summed E-state index contributed by atoms with van der Waals surface area (Å²) in [7, 11) is 0. The van der Waals surface area contributed by atoms with Gasteiger partial charge in [-0.15, -0.1) is 0 Å². The van der Waals surface area contributed by atoms with Crippen LogP contribution in [-0.4, -0.2) is 11.1 Å². The van der Waals surface area contributed by atoms with Gasteiger partial charge in [0.1, 0.15) is 11.3 Å². The van der Waals surface area contributed by atoms with Gasteiger partial charge in [-0.25, -0.2) is 0 Å². The first-order valence-electron chi connectivity index (χ1n) is 5.61. The van der Waals surface area contributed by atoms with Gasteiger partial charge in [0, 0.05) is 10.8 Å². The summed E-state index contributed by atoms with van der Waals surface area (Å²) in [6, 6.07) is 7.87. The highest BCUT2D eigenvalue weighted by Gasteiger charge is 2.28. The summed E-state index contributed by atoms with van der Waals surface area (Å²) in [6.45, 7) is 5.75. The first-order valence-corrected chi connectivity index (χ1v) is 5.61. The lowest BCUT2D eigenvalue weighted by Crippen LogP contribution is -2.20. The highest BCUT2D eigenvalue weighted by Crippen LogP contribution is 2.33. The van der Waals surface area contributed by atoms with Crippen molar-refractivity contribution in [3.05, 3.63) is 35.6 Å². The number of para-hydroxylation sites is 1. The fraction of sp³-hybridized carbons (Fsp3) is 0.357. The molecule has 1 aromatic carbocycles. The van der Waals surface area contributed by atoms with E-state index < -0.39 is 11.4 Å². The van der Waals surface area contributed by atoms with Crippen LogP contribution >= 0.6 is 0 Å². The monoisotopic (exact) mass is 232 g/mol. The van der Waals surface area contributed by atoms with Gasteiger partial charge in [0.05, 0.1) is 6.42 Å². The van der Waals surface area contributed by atoms with Gasteiger partial charge in [-0.05, 0) is 18.6 Å². The van der Waals surface area contributed by atoms with Crippen LogP contribution < -0.4 is 0 Å². The van der Waals surface area contributed by atoms with Crippen LogP contribution in [0.5, 0.6) is 0 Å². The second kappa shape index (κ2) is 3.91. The molecule has 2 aromatic rings. The number of carboxylic acid groups (broad SMARTS) is 1. The number of benzene rings is 1. The maximum Gasteiger partial charge on any atom is 0.304 e. The lowest BCUT2D eigenvalue weighted by molar-refractivity contribution is -0.138. The number of aryl methyl sites for hydroxylation is 1. The molecule has 2 rings (SSSR count). The second-order valence-corrected chi connectivity index (χ2v) is 5.06. The largest absolute Gasteiger partial charge is 0.481 e. The third-order valence-corrected chi connectivity index (χ3v) is 3.00. The zero-order valence-corrected chi connectivity index (χ0v) is 10.3.